The maximum atomic E-state index is 15.1. The summed E-state index contributed by atoms with van der Waals surface area (Å²) in [6, 6.07) is 9.22. The molecule has 0 radical (unpaired) electrons. The molecule has 0 saturated carbocycles. The Morgan fingerprint density at radius 2 is 1.13 bits per heavy atom. The number of nitrogens with one attached hydrogen (secondary N) is 11. The highest BCUT2D eigenvalue weighted by atomic mass is 33.1. The minimum absolute atomic E-state index is 0.0213. The standard InChI is InChI=1S/C58H79N19O10S2/c1-3-4-14-40-51(82)72-41(16-9-20-65-57(60)61)53(84)77-45(25-37-27-64-31-69-37)55(86)75-43(23-33-18-19-34-11-5-6-12-35(34)22-33)54(85)73-42(17-10-21-66-58(62)63)52(83)76-44(24-36-26-67-39-15-8-7-13-38(36)39)50(81)68-28-48(79)71-46(49(59)80)29-88-89-30-47(56(87)74-40)70-32(2)78/h5-8,11-13,15,18-19,22,26-27,31,40-47,67H,3-4,9-10,14,16-17,20-21,23-25,28-30H2,1-2H3,(H2,59,80)(H,64,69)(H,68,81)(H,70,78)(H,71,79)(H,72,82)(H,73,85)(H,74,87)(H,75,86)(H,76,83)(H,77,84)(H4,60,61,65)(H4,62,63,66). The van der Waals surface area contributed by atoms with E-state index in [1.165, 1.54) is 19.4 Å². The van der Waals surface area contributed by atoms with E-state index in [4.69, 9.17) is 28.7 Å². The topological polar surface area (TPSA) is 478 Å². The van der Waals surface area contributed by atoms with Crippen LogP contribution in [0, 0.1) is 0 Å². The van der Waals surface area contributed by atoms with E-state index in [9.17, 15) is 38.4 Å². The van der Waals surface area contributed by atoms with Crippen LogP contribution in [0.4, 0.5) is 0 Å². The van der Waals surface area contributed by atoms with Crippen LogP contribution in [0.15, 0.2) is 95.4 Å². The number of carbonyl (C=O) groups is 10. The van der Waals surface area contributed by atoms with Gasteiger partial charge < -0.3 is 86.5 Å². The van der Waals surface area contributed by atoms with Crippen molar-refractivity contribution in [2.45, 2.75) is 126 Å². The zero-order valence-electron chi connectivity index (χ0n) is 49.4. The van der Waals surface area contributed by atoms with Crippen LogP contribution >= 0.6 is 21.6 Å². The average Bonchev–Trinajstić information content (AvgIpc) is 2.37. The number of nitrogens with two attached hydrogens (primary N) is 5. The molecular weight excluding hydrogens is 1190 g/mol. The number of hydrogen-bond acceptors (Lipinski definition) is 15. The molecule has 8 atom stereocenters. The van der Waals surface area contributed by atoms with Crippen molar-refractivity contribution in [1.82, 2.24) is 62.8 Å². The molecule has 31 heteroatoms. The van der Waals surface area contributed by atoms with Crippen molar-refractivity contribution < 1.29 is 47.9 Å². The summed E-state index contributed by atoms with van der Waals surface area (Å²) in [6.45, 7) is 2.44. The van der Waals surface area contributed by atoms with Crippen LogP contribution in [0.2, 0.25) is 0 Å². The molecule has 3 aromatic carbocycles. The van der Waals surface area contributed by atoms with E-state index in [0.29, 0.717) is 29.7 Å². The molecule has 8 unspecified atom stereocenters. The summed E-state index contributed by atoms with van der Waals surface area (Å²) in [5.74, 6) is -8.80. The van der Waals surface area contributed by atoms with E-state index < -0.39 is 114 Å². The largest absolute Gasteiger partial charge is 0.370 e. The highest BCUT2D eigenvalue weighted by molar-refractivity contribution is 8.76. The Labute approximate surface area is 521 Å². The number of nitrogens with zero attached hydrogens (tertiary/aromatic N) is 3. The van der Waals surface area contributed by atoms with E-state index in [-0.39, 0.29) is 87.9 Å². The molecule has 89 heavy (non-hydrogen) atoms. The molecule has 5 aromatic rings. The van der Waals surface area contributed by atoms with Crippen LogP contribution in [0.25, 0.3) is 21.7 Å². The number of rotatable bonds is 19. The number of unbranched alkanes of at least 4 members (excludes halogenated alkanes) is 1. The summed E-state index contributed by atoms with van der Waals surface area (Å²) in [4.78, 5) is 160. The smallest absolute Gasteiger partial charge is 0.244 e. The summed E-state index contributed by atoms with van der Waals surface area (Å²) in [6.07, 6.45) is 5.18. The lowest BCUT2D eigenvalue weighted by molar-refractivity contribution is -0.135. The molecule has 0 bridgehead atoms. The number of aromatic amines is 2. The number of carbonyl (C=O) groups excluding carboxylic acids is 10. The summed E-state index contributed by atoms with van der Waals surface area (Å²) in [5, 5.41) is 26.7. The SMILES string of the molecule is CCCCC1NC(=O)C(NC(C)=O)CSSCC(C(N)=O)NC(=O)CNC(=O)C(Cc2c[nH]c3ccccc23)NC(=O)C(CCCN=C(N)N)NC(=O)C(Cc2ccc3ccccc3c2)NC(=O)C(Cc2cnc[nH]2)NC(=O)C(CCCN=C(N)N)NC1=O. The van der Waals surface area contributed by atoms with Gasteiger partial charge in [0, 0.05) is 79.8 Å². The Balaban J connectivity index is 1.43. The Bertz CT molecular complexity index is 3340. The molecule has 6 rings (SSSR count). The first-order valence-electron chi connectivity index (χ1n) is 29.0. The first-order chi connectivity index (χ1) is 42.7. The Kier molecular flexibility index (Phi) is 26.9. The van der Waals surface area contributed by atoms with E-state index in [2.05, 4.69) is 72.8 Å². The van der Waals surface area contributed by atoms with Gasteiger partial charge in [-0.25, -0.2) is 4.98 Å². The number of amides is 10. The maximum Gasteiger partial charge on any atom is 0.244 e. The van der Waals surface area contributed by atoms with Crippen LogP contribution in [-0.2, 0) is 67.2 Å². The van der Waals surface area contributed by atoms with E-state index in [1.807, 2.05) is 61.5 Å². The van der Waals surface area contributed by atoms with Gasteiger partial charge in [-0.15, -0.1) is 0 Å². The van der Waals surface area contributed by atoms with Crippen LogP contribution in [0.1, 0.15) is 75.6 Å². The Morgan fingerprint density at radius 3 is 1.72 bits per heavy atom. The number of benzene rings is 3. The molecule has 0 spiro atoms. The Hall–Kier alpha value is -9.39. The minimum Gasteiger partial charge on any atom is -0.370 e. The number of H-pyrrole nitrogens is 2. The lowest BCUT2D eigenvalue weighted by atomic mass is 9.99. The summed E-state index contributed by atoms with van der Waals surface area (Å²) < 4.78 is 0. The van der Waals surface area contributed by atoms with Gasteiger partial charge in [-0.05, 0) is 60.1 Å². The second-order valence-electron chi connectivity index (χ2n) is 21.2. The zero-order valence-corrected chi connectivity index (χ0v) is 51.1. The molecule has 10 amide bonds. The normalized spacial score (nSPS) is 21.8. The van der Waals surface area contributed by atoms with E-state index in [1.54, 1.807) is 18.3 Å². The molecule has 3 heterocycles. The number of guanidine groups is 2. The maximum absolute atomic E-state index is 15.1. The fourth-order valence-electron chi connectivity index (χ4n) is 9.61. The van der Waals surface area contributed by atoms with Crippen molar-refractivity contribution in [1.29, 1.82) is 0 Å². The summed E-state index contributed by atoms with van der Waals surface area (Å²) in [5.41, 5.74) is 30.5. The fourth-order valence-corrected chi connectivity index (χ4v) is 12.0. The van der Waals surface area contributed by atoms with Crippen LogP contribution < -0.4 is 76.5 Å². The molecule has 1 saturated heterocycles. The van der Waals surface area contributed by atoms with E-state index >= 15 is 9.59 Å². The van der Waals surface area contributed by atoms with Gasteiger partial charge in [0.2, 0.25) is 59.1 Å². The predicted molar refractivity (Wildman–Crippen MR) is 340 cm³/mol. The summed E-state index contributed by atoms with van der Waals surface area (Å²) >= 11 is 0. The van der Waals surface area contributed by atoms with Crippen molar-refractivity contribution in [3.63, 3.8) is 0 Å². The molecule has 1 aliphatic heterocycles. The molecular formula is C58H79N19O10S2. The zero-order chi connectivity index (χ0) is 64.4. The summed E-state index contributed by atoms with van der Waals surface area (Å²) in [7, 11) is 2.08. The first-order valence-corrected chi connectivity index (χ1v) is 31.5. The lowest BCUT2D eigenvalue weighted by Gasteiger charge is -2.28. The fraction of sp³-hybridized carbons (Fsp3) is 0.431. The predicted octanol–water partition coefficient (Wildman–Crippen LogP) is -1.74. The number of imidazole rings is 1. The van der Waals surface area contributed by atoms with Crippen molar-refractivity contribution >= 4 is 114 Å². The van der Waals surface area contributed by atoms with Crippen LogP contribution in [0.5, 0.6) is 0 Å². The van der Waals surface area contributed by atoms with Gasteiger partial charge in [0.15, 0.2) is 11.9 Å². The van der Waals surface area contributed by atoms with Gasteiger partial charge >= 0.3 is 0 Å². The third-order valence-electron chi connectivity index (χ3n) is 14.2. The third-order valence-corrected chi connectivity index (χ3v) is 16.6. The second kappa shape index (κ2) is 34.8. The highest BCUT2D eigenvalue weighted by Gasteiger charge is 2.35. The first kappa shape index (κ1) is 68.7. The van der Waals surface area contributed by atoms with Crippen LogP contribution in [0.3, 0.4) is 0 Å². The minimum atomic E-state index is -1.48. The third kappa shape index (κ3) is 22.4. The molecule has 1 aliphatic rings. The number of aliphatic imine (C=N–C) groups is 2. The number of hydrogen-bond donors (Lipinski definition) is 16. The van der Waals surface area contributed by atoms with Gasteiger partial charge in [0.05, 0.1) is 12.9 Å². The van der Waals surface area contributed by atoms with Crippen LogP contribution in [-0.4, -0.2) is 165 Å². The Morgan fingerprint density at radius 1 is 0.596 bits per heavy atom. The lowest BCUT2D eigenvalue weighted by Crippen LogP contribution is -2.61. The molecule has 2 aromatic heterocycles. The van der Waals surface area contributed by atoms with Crippen molar-refractivity contribution in [3.8, 4) is 0 Å². The van der Waals surface area contributed by atoms with Gasteiger partial charge in [0.1, 0.15) is 48.3 Å². The molecule has 21 N–H and O–H groups in total. The highest BCUT2D eigenvalue weighted by Crippen LogP contribution is 2.24. The number of para-hydroxylation sites is 1. The molecule has 478 valence electrons. The molecule has 0 aliphatic carbocycles. The van der Waals surface area contributed by atoms with Gasteiger partial charge in [0.25, 0.3) is 0 Å². The quantitative estimate of drug-likeness (QED) is 0.0189. The second-order valence-corrected chi connectivity index (χ2v) is 23.8. The van der Waals surface area contributed by atoms with Gasteiger partial charge in [-0.2, -0.15) is 0 Å². The number of primary amides is 1. The number of aromatic nitrogens is 3. The van der Waals surface area contributed by atoms with Gasteiger partial charge in [-0.3, -0.25) is 57.9 Å². The van der Waals surface area contributed by atoms with Crippen molar-refractivity contribution in [3.05, 3.63) is 102 Å². The van der Waals surface area contributed by atoms with Crippen molar-refractivity contribution in [2.75, 3.05) is 31.1 Å². The van der Waals surface area contributed by atoms with E-state index in [0.717, 1.165) is 43.3 Å². The molecule has 29 nitrogen and oxygen atoms in total. The monoisotopic (exact) mass is 1270 g/mol. The average molecular weight is 1270 g/mol. The van der Waals surface area contributed by atoms with Gasteiger partial charge in [-0.1, -0.05) is 102 Å². The molecule has 1 fully saturated rings. The van der Waals surface area contributed by atoms with Crippen molar-refractivity contribution in [2.24, 2.45) is 38.7 Å². The number of fused-ring (bicyclic) bond motifs is 2.